The molecule has 1 atom stereocenters. The second-order valence-electron chi connectivity index (χ2n) is 2.20. The molecule has 0 aromatic rings. The topological polar surface area (TPSA) is 46.2 Å². The van der Waals surface area contributed by atoms with Crippen molar-refractivity contribution in [1.29, 1.82) is 0 Å². The van der Waals surface area contributed by atoms with Gasteiger partial charge >= 0.3 is 0 Å². The first-order valence-corrected chi connectivity index (χ1v) is 2.56. The number of halogens is 1. The molecule has 3 heteroatoms. The fraction of sp³-hybridized carbons (Fsp3) is 1.00. The molecule has 0 rings (SSSR count). The molecule has 1 unspecified atom stereocenters. The van der Waals surface area contributed by atoms with Crippen LogP contribution in [0.2, 0.25) is 0 Å². The lowest BCUT2D eigenvalue weighted by Gasteiger charge is -2.04. The van der Waals surface area contributed by atoms with Gasteiger partial charge < -0.3 is 10.8 Å². The van der Waals surface area contributed by atoms with Gasteiger partial charge in [-0.15, -0.1) is 12.4 Å². The molecule has 0 heterocycles. The fourth-order valence-electron chi connectivity index (χ4n) is 0.483. The number of aliphatic hydroxyl groups excluding tert-OH is 1. The molecule has 0 aliphatic rings. The number of hydrogen-bond donors (Lipinski definition) is 2. The molecule has 0 bridgehead atoms. The Balaban J connectivity index is 0. The summed E-state index contributed by atoms with van der Waals surface area (Å²) in [5.74, 6) is 0.500. The molecule has 0 radical (unpaired) electrons. The Hall–Kier alpha value is 0.210. The molecule has 0 aliphatic carbocycles. The van der Waals surface area contributed by atoms with E-state index in [1.54, 1.807) is 0 Å². The average Bonchev–Trinajstić information content (AvgIpc) is 1.27. The van der Waals surface area contributed by atoms with Crippen molar-refractivity contribution in [3.8, 4) is 0 Å². The van der Waals surface area contributed by atoms with Crippen molar-refractivity contribution in [2.24, 2.45) is 11.7 Å². The van der Waals surface area contributed by atoms with Gasteiger partial charge in [0.2, 0.25) is 0 Å². The van der Waals surface area contributed by atoms with E-state index in [1.807, 2.05) is 13.8 Å². The molecule has 0 saturated carbocycles. The predicted octanol–water partition coefficient (Wildman–Crippen LogP) is 0.731. The molecule has 0 spiro atoms. The van der Waals surface area contributed by atoms with Crippen LogP contribution in [0.15, 0.2) is 0 Å². The molecular weight excluding hydrogens is 126 g/mol. The van der Waals surface area contributed by atoms with E-state index in [1.165, 1.54) is 0 Å². The quantitative estimate of drug-likeness (QED) is 0.555. The lowest BCUT2D eigenvalue weighted by molar-refractivity contribution is 0.156. The van der Waals surface area contributed by atoms with Gasteiger partial charge in [-0.3, -0.25) is 0 Å². The Morgan fingerprint density at radius 2 is 1.88 bits per heavy atom. The zero-order valence-electron chi connectivity index (χ0n) is 5.29. The van der Waals surface area contributed by atoms with Gasteiger partial charge in [-0.25, -0.2) is 0 Å². The highest BCUT2D eigenvalue weighted by Crippen LogP contribution is 1.98. The van der Waals surface area contributed by atoms with E-state index in [0.717, 1.165) is 0 Å². The maximum Gasteiger partial charge on any atom is 0.102 e. The third kappa shape index (κ3) is 9.51. The summed E-state index contributed by atoms with van der Waals surface area (Å²) in [6.45, 7) is 4.05. The number of aliphatic hydroxyl groups is 1. The van der Waals surface area contributed by atoms with E-state index in [9.17, 15) is 0 Å². The van der Waals surface area contributed by atoms with Crippen molar-refractivity contribution in [2.75, 3.05) is 0 Å². The maximum absolute atomic E-state index is 8.50. The molecule has 0 saturated heterocycles. The second kappa shape index (κ2) is 5.35. The third-order valence-electron chi connectivity index (χ3n) is 0.713. The normalized spacial score (nSPS) is 13.1. The first kappa shape index (κ1) is 11.1. The minimum Gasteiger partial charge on any atom is -0.379 e. The molecule has 8 heavy (non-hydrogen) atoms. The van der Waals surface area contributed by atoms with Crippen LogP contribution in [0.1, 0.15) is 20.3 Å². The lowest BCUT2D eigenvalue weighted by Crippen LogP contribution is -2.20. The number of hydrogen-bond acceptors (Lipinski definition) is 2. The number of nitrogens with two attached hydrogens (primary N) is 1. The predicted molar refractivity (Wildman–Crippen MR) is 36.9 cm³/mol. The Kier molecular flexibility index (Phi) is 7.40. The SMILES string of the molecule is CC(C)CC(N)O.Cl. The summed E-state index contributed by atoms with van der Waals surface area (Å²) < 4.78 is 0. The highest BCUT2D eigenvalue weighted by molar-refractivity contribution is 5.85. The van der Waals surface area contributed by atoms with Crippen LogP contribution in [0.25, 0.3) is 0 Å². The second-order valence-corrected chi connectivity index (χ2v) is 2.20. The van der Waals surface area contributed by atoms with Crippen LogP contribution in [0.3, 0.4) is 0 Å². The van der Waals surface area contributed by atoms with E-state index < -0.39 is 6.23 Å². The average molecular weight is 140 g/mol. The molecule has 0 fully saturated rings. The van der Waals surface area contributed by atoms with Crippen LogP contribution in [0, 0.1) is 5.92 Å². The summed E-state index contributed by atoms with van der Waals surface area (Å²) in [4.78, 5) is 0. The largest absolute Gasteiger partial charge is 0.379 e. The van der Waals surface area contributed by atoms with Crippen molar-refractivity contribution >= 4 is 12.4 Å². The molecule has 0 aromatic heterocycles. The molecular formula is C5H14ClNO. The molecule has 0 aromatic carbocycles. The van der Waals surface area contributed by atoms with Gasteiger partial charge in [0.15, 0.2) is 0 Å². The van der Waals surface area contributed by atoms with Gasteiger partial charge in [-0.05, 0) is 12.3 Å². The summed E-state index contributed by atoms with van der Waals surface area (Å²) in [6.07, 6.45) is 0.0694. The van der Waals surface area contributed by atoms with E-state index in [-0.39, 0.29) is 12.4 Å². The minimum absolute atomic E-state index is 0. The zero-order valence-corrected chi connectivity index (χ0v) is 6.11. The summed E-state index contributed by atoms with van der Waals surface area (Å²) in [5, 5.41) is 8.50. The Morgan fingerprint density at radius 3 is 1.88 bits per heavy atom. The van der Waals surface area contributed by atoms with Gasteiger partial charge in [0.25, 0.3) is 0 Å². The van der Waals surface area contributed by atoms with Crippen molar-refractivity contribution < 1.29 is 5.11 Å². The van der Waals surface area contributed by atoms with Crippen molar-refractivity contribution in [1.82, 2.24) is 0 Å². The van der Waals surface area contributed by atoms with Crippen LogP contribution in [-0.2, 0) is 0 Å². The van der Waals surface area contributed by atoms with E-state index >= 15 is 0 Å². The molecule has 3 N–H and O–H groups in total. The fourth-order valence-corrected chi connectivity index (χ4v) is 0.483. The maximum atomic E-state index is 8.50. The molecule has 0 aliphatic heterocycles. The van der Waals surface area contributed by atoms with Gasteiger partial charge in [0.05, 0.1) is 0 Å². The van der Waals surface area contributed by atoms with Crippen LogP contribution >= 0.6 is 12.4 Å². The van der Waals surface area contributed by atoms with Crippen molar-refractivity contribution in [2.45, 2.75) is 26.5 Å². The number of rotatable bonds is 2. The Labute approximate surface area is 56.5 Å². The lowest BCUT2D eigenvalue weighted by atomic mass is 10.1. The zero-order chi connectivity index (χ0) is 5.86. The molecule has 52 valence electrons. The van der Waals surface area contributed by atoms with Gasteiger partial charge in [-0.2, -0.15) is 0 Å². The summed E-state index contributed by atoms with van der Waals surface area (Å²) in [5.41, 5.74) is 5.05. The molecule has 0 amide bonds. The highest BCUT2D eigenvalue weighted by Gasteiger charge is 1.97. The first-order chi connectivity index (χ1) is 3.13. The van der Waals surface area contributed by atoms with E-state index in [0.29, 0.717) is 12.3 Å². The first-order valence-electron chi connectivity index (χ1n) is 2.56. The summed E-state index contributed by atoms with van der Waals surface area (Å²) >= 11 is 0. The van der Waals surface area contributed by atoms with Gasteiger partial charge in [-0.1, -0.05) is 13.8 Å². The monoisotopic (exact) mass is 139 g/mol. The van der Waals surface area contributed by atoms with Gasteiger partial charge in [0.1, 0.15) is 6.23 Å². The van der Waals surface area contributed by atoms with E-state index in [4.69, 9.17) is 10.8 Å². The Morgan fingerprint density at radius 1 is 1.50 bits per heavy atom. The van der Waals surface area contributed by atoms with Gasteiger partial charge in [0, 0.05) is 0 Å². The third-order valence-corrected chi connectivity index (χ3v) is 0.713. The molecule has 2 nitrogen and oxygen atoms in total. The summed E-state index contributed by atoms with van der Waals surface area (Å²) in [7, 11) is 0. The summed E-state index contributed by atoms with van der Waals surface area (Å²) in [6, 6.07) is 0. The van der Waals surface area contributed by atoms with Crippen LogP contribution in [-0.4, -0.2) is 11.3 Å². The van der Waals surface area contributed by atoms with Crippen LogP contribution < -0.4 is 5.73 Å². The van der Waals surface area contributed by atoms with E-state index in [2.05, 4.69) is 0 Å². The Bertz CT molecular complexity index is 41.7. The highest BCUT2D eigenvalue weighted by atomic mass is 35.5. The smallest absolute Gasteiger partial charge is 0.102 e. The standard InChI is InChI=1S/C5H13NO.ClH/c1-4(2)3-5(6)7;/h4-5,7H,3,6H2,1-2H3;1H. The van der Waals surface area contributed by atoms with Crippen LogP contribution in [0.5, 0.6) is 0 Å². The van der Waals surface area contributed by atoms with Crippen molar-refractivity contribution in [3.63, 3.8) is 0 Å². The van der Waals surface area contributed by atoms with Crippen LogP contribution in [0.4, 0.5) is 0 Å². The van der Waals surface area contributed by atoms with Crippen molar-refractivity contribution in [3.05, 3.63) is 0 Å². The minimum atomic E-state index is -0.625.